The molecule has 0 bridgehead atoms. The molecule has 0 fully saturated rings. The highest BCUT2D eigenvalue weighted by Crippen LogP contribution is 2.36. The SMILES string of the molecule is C=CCOc1c(Cl)cc(C=Nn2c(CC)nc3ccc(Br)cc3c2=O)cc1OCC. The van der Waals surface area contributed by atoms with Crippen molar-refractivity contribution in [2.75, 3.05) is 13.2 Å². The topological polar surface area (TPSA) is 65.7 Å². The normalized spacial score (nSPS) is 11.2. The number of rotatable bonds is 8. The van der Waals surface area contributed by atoms with Crippen molar-refractivity contribution in [2.45, 2.75) is 20.3 Å². The molecule has 3 rings (SSSR count). The molecular weight excluding hydrogens is 470 g/mol. The third-order valence-electron chi connectivity index (χ3n) is 4.19. The van der Waals surface area contributed by atoms with Crippen LogP contribution in [-0.4, -0.2) is 29.1 Å². The van der Waals surface area contributed by atoms with Gasteiger partial charge in [0.15, 0.2) is 11.5 Å². The second-order valence-electron chi connectivity index (χ2n) is 6.27. The van der Waals surface area contributed by atoms with Crippen molar-refractivity contribution in [3.05, 3.63) is 74.2 Å². The van der Waals surface area contributed by atoms with Crippen LogP contribution in [0.5, 0.6) is 11.5 Å². The fourth-order valence-corrected chi connectivity index (χ4v) is 3.51. The average Bonchev–Trinajstić information content (AvgIpc) is 2.73. The lowest BCUT2D eigenvalue weighted by molar-refractivity contribution is 0.297. The van der Waals surface area contributed by atoms with Crippen LogP contribution in [0.15, 0.2) is 57.4 Å². The van der Waals surface area contributed by atoms with Gasteiger partial charge in [0.1, 0.15) is 12.4 Å². The van der Waals surface area contributed by atoms with E-state index in [4.69, 9.17) is 21.1 Å². The highest BCUT2D eigenvalue weighted by atomic mass is 79.9. The molecular formula is C22H21BrClN3O3. The zero-order chi connectivity index (χ0) is 21.7. The summed E-state index contributed by atoms with van der Waals surface area (Å²) in [7, 11) is 0. The lowest BCUT2D eigenvalue weighted by Crippen LogP contribution is -2.22. The van der Waals surface area contributed by atoms with E-state index in [0.29, 0.717) is 58.4 Å². The predicted molar refractivity (Wildman–Crippen MR) is 124 cm³/mol. The van der Waals surface area contributed by atoms with E-state index in [1.165, 1.54) is 4.68 Å². The molecule has 1 aromatic heterocycles. The van der Waals surface area contributed by atoms with Crippen molar-refractivity contribution < 1.29 is 9.47 Å². The first kappa shape index (κ1) is 22.1. The summed E-state index contributed by atoms with van der Waals surface area (Å²) in [5.74, 6) is 1.50. The van der Waals surface area contributed by atoms with Crippen LogP contribution in [0.1, 0.15) is 25.2 Å². The van der Waals surface area contributed by atoms with Gasteiger partial charge in [0.25, 0.3) is 5.56 Å². The summed E-state index contributed by atoms with van der Waals surface area (Å²) in [6.45, 7) is 8.19. The number of ether oxygens (including phenoxy) is 2. The number of benzene rings is 2. The van der Waals surface area contributed by atoms with Crippen LogP contribution in [0, 0.1) is 0 Å². The lowest BCUT2D eigenvalue weighted by Gasteiger charge is -2.13. The Kier molecular flexibility index (Phi) is 7.29. The van der Waals surface area contributed by atoms with Crippen LogP contribution in [-0.2, 0) is 6.42 Å². The Hall–Kier alpha value is -2.64. The van der Waals surface area contributed by atoms with Crippen molar-refractivity contribution >= 4 is 44.6 Å². The number of fused-ring (bicyclic) bond motifs is 1. The summed E-state index contributed by atoms with van der Waals surface area (Å²) in [6.07, 6.45) is 3.74. The first-order valence-electron chi connectivity index (χ1n) is 9.44. The minimum atomic E-state index is -0.239. The van der Waals surface area contributed by atoms with Crippen LogP contribution in [0.3, 0.4) is 0 Å². The van der Waals surface area contributed by atoms with E-state index in [-0.39, 0.29) is 5.56 Å². The van der Waals surface area contributed by atoms with Crippen LogP contribution < -0.4 is 15.0 Å². The van der Waals surface area contributed by atoms with E-state index in [0.717, 1.165) is 4.47 Å². The molecule has 6 nitrogen and oxygen atoms in total. The molecule has 8 heteroatoms. The third-order valence-corrected chi connectivity index (χ3v) is 4.97. The van der Waals surface area contributed by atoms with E-state index in [1.807, 2.05) is 26.0 Å². The largest absolute Gasteiger partial charge is 0.490 e. The van der Waals surface area contributed by atoms with Gasteiger partial charge in [-0.1, -0.05) is 47.1 Å². The van der Waals surface area contributed by atoms with E-state index in [2.05, 4.69) is 32.6 Å². The predicted octanol–water partition coefficient (Wildman–Crippen LogP) is 5.22. The average molecular weight is 491 g/mol. The van der Waals surface area contributed by atoms with Crippen molar-refractivity contribution in [1.82, 2.24) is 9.66 Å². The van der Waals surface area contributed by atoms with Gasteiger partial charge in [-0.25, -0.2) is 4.98 Å². The molecule has 0 amide bonds. The fraction of sp³-hybridized carbons (Fsp3) is 0.227. The van der Waals surface area contributed by atoms with Crippen LogP contribution in [0.2, 0.25) is 5.02 Å². The zero-order valence-electron chi connectivity index (χ0n) is 16.7. The van der Waals surface area contributed by atoms with E-state index >= 15 is 0 Å². The van der Waals surface area contributed by atoms with Crippen molar-refractivity contribution in [2.24, 2.45) is 5.10 Å². The fourth-order valence-electron chi connectivity index (χ4n) is 2.87. The van der Waals surface area contributed by atoms with Crippen LogP contribution in [0.4, 0.5) is 0 Å². The third kappa shape index (κ3) is 4.74. The van der Waals surface area contributed by atoms with Gasteiger partial charge in [0, 0.05) is 10.9 Å². The highest BCUT2D eigenvalue weighted by molar-refractivity contribution is 9.10. The molecule has 2 aromatic carbocycles. The van der Waals surface area contributed by atoms with Crippen LogP contribution in [0.25, 0.3) is 10.9 Å². The Bertz CT molecular complexity index is 1170. The molecule has 1 heterocycles. The maximum absolute atomic E-state index is 13.0. The molecule has 0 saturated heterocycles. The van der Waals surface area contributed by atoms with Crippen molar-refractivity contribution in [3.8, 4) is 11.5 Å². The summed E-state index contributed by atoms with van der Waals surface area (Å²) in [5.41, 5.74) is 1.06. The van der Waals surface area contributed by atoms with Gasteiger partial charge in [-0.05, 0) is 42.8 Å². The molecule has 0 spiro atoms. The molecule has 0 aliphatic rings. The quantitative estimate of drug-likeness (QED) is 0.321. The second kappa shape index (κ2) is 9.91. The second-order valence-corrected chi connectivity index (χ2v) is 7.59. The molecule has 3 aromatic rings. The number of nitrogens with zero attached hydrogens (tertiary/aromatic N) is 3. The number of hydrogen-bond donors (Lipinski definition) is 0. The van der Waals surface area contributed by atoms with Gasteiger partial charge in [0.05, 0.1) is 28.7 Å². The zero-order valence-corrected chi connectivity index (χ0v) is 19.0. The Morgan fingerprint density at radius 1 is 1.27 bits per heavy atom. The van der Waals surface area contributed by atoms with E-state index in [1.54, 1.807) is 30.5 Å². The van der Waals surface area contributed by atoms with Gasteiger partial charge in [-0.15, -0.1) is 0 Å². The molecule has 30 heavy (non-hydrogen) atoms. The van der Waals surface area contributed by atoms with Gasteiger partial charge in [0.2, 0.25) is 0 Å². The monoisotopic (exact) mass is 489 g/mol. The molecule has 0 aliphatic heterocycles. The molecule has 0 aliphatic carbocycles. The Morgan fingerprint density at radius 3 is 2.77 bits per heavy atom. The maximum Gasteiger partial charge on any atom is 0.282 e. The number of halogens is 2. The molecule has 156 valence electrons. The summed E-state index contributed by atoms with van der Waals surface area (Å²) >= 11 is 9.78. The summed E-state index contributed by atoms with van der Waals surface area (Å²) in [4.78, 5) is 17.6. The minimum absolute atomic E-state index is 0.239. The summed E-state index contributed by atoms with van der Waals surface area (Å²) in [6, 6.07) is 8.87. The van der Waals surface area contributed by atoms with Crippen molar-refractivity contribution in [1.29, 1.82) is 0 Å². The Balaban J connectivity index is 2.06. The van der Waals surface area contributed by atoms with E-state index in [9.17, 15) is 4.79 Å². The minimum Gasteiger partial charge on any atom is -0.490 e. The smallest absolute Gasteiger partial charge is 0.282 e. The summed E-state index contributed by atoms with van der Waals surface area (Å²) in [5, 5.41) is 5.26. The van der Waals surface area contributed by atoms with E-state index < -0.39 is 0 Å². The molecule has 0 unspecified atom stereocenters. The summed E-state index contributed by atoms with van der Waals surface area (Å²) < 4.78 is 13.4. The standard InChI is InChI=1S/C22H21BrClN3O3/c1-4-9-30-21-17(24)10-14(11-19(21)29-6-3)13-25-27-20(5-2)26-18-8-7-15(23)12-16(18)22(27)28/h4,7-8,10-13H,1,5-6,9H2,2-3H3. The highest BCUT2D eigenvalue weighted by Gasteiger charge is 2.13. The maximum atomic E-state index is 13.0. The van der Waals surface area contributed by atoms with Gasteiger partial charge in [-0.2, -0.15) is 9.78 Å². The molecule has 0 atom stereocenters. The molecule has 0 radical (unpaired) electrons. The number of aryl methyl sites for hydroxylation is 1. The van der Waals surface area contributed by atoms with Gasteiger partial charge >= 0.3 is 0 Å². The van der Waals surface area contributed by atoms with Crippen LogP contribution >= 0.6 is 27.5 Å². The Morgan fingerprint density at radius 2 is 2.07 bits per heavy atom. The molecule has 0 saturated carbocycles. The lowest BCUT2D eigenvalue weighted by atomic mass is 10.2. The number of aromatic nitrogens is 2. The van der Waals surface area contributed by atoms with Gasteiger partial charge in [-0.3, -0.25) is 4.79 Å². The first-order valence-corrected chi connectivity index (χ1v) is 10.6. The number of hydrogen-bond acceptors (Lipinski definition) is 5. The first-order chi connectivity index (χ1) is 14.5. The van der Waals surface area contributed by atoms with Crippen molar-refractivity contribution in [3.63, 3.8) is 0 Å². The van der Waals surface area contributed by atoms with Gasteiger partial charge < -0.3 is 9.47 Å². The Labute approximate surface area is 187 Å². The molecule has 0 N–H and O–H groups in total.